The molecule has 0 aromatic rings. The first kappa shape index (κ1) is 13.8. The second kappa shape index (κ2) is 5.59. The second-order valence-electron chi connectivity index (χ2n) is 6.35. The fourth-order valence-corrected chi connectivity index (χ4v) is 3.40. The largest absolute Gasteiger partial charge is 0.378 e. The smallest absolute Gasteiger partial charge is 0.0672 e. The highest BCUT2D eigenvalue weighted by molar-refractivity contribution is 5.06. The Morgan fingerprint density at radius 1 is 1.33 bits per heavy atom. The fraction of sp³-hybridized carbons (Fsp3) is 0.933. The summed E-state index contributed by atoms with van der Waals surface area (Å²) >= 11 is 0. The fourth-order valence-electron chi connectivity index (χ4n) is 3.40. The summed E-state index contributed by atoms with van der Waals surface area (Å²) in [4.78, 5) is 0. The van der Waals surface area contributed by atoms with Gasteiger partial charge in [0.25, 0.3) is 0 Å². The van der Waals surface area contributed by atoms with Crippen molar-refractivity contribution in [2.45, 2.75) is 71.1 Å². The van der Waals surface area contributed by atoms with Crippen LogP contribution < -0.4 is 5.32 Å². The molecule has 102 valence electrons. The Morgan fingerprint density at radius 3 is 2.67 bits per heavy atom. The molecule has 2 fully saturated rings. The minimum atomic E-state index is 0.202. The predicted molar refractivity (Wildman–Crippen MR) is 72.1 cm³/mol. The van der Waals surface area contributed by atoms with Crippen LogP contribution in [-0.4, -0.2) is 24.8 Å². The lowest BCUT2D eigenvalue weighted by Crippen LogP contribution is -2.63. The number of hydrogen-bond acceptors (Lipinski definition) is 3. The molecule has 2 rings (SSSR count). The zero-order valence-electron chi connectivity index (χ0n) is 11.9. The second-order valence-corrected chi connectivity index (χ2v) is 6.35. The Kier molecular flexibility index (Phi) is 4.29. The quantitative estimate of drug-likeness (QED) is 0.834. The minimum absolute atomic E-state index is 0.202. The number of hydrogen-bond donors (Lipinski definition) is 1. The van der Waals surface area contributed by atoms with Crippen LogP contribution in [0.2, 0.25) is 0 Å². The summed E-state index contributed by atoms with van der Waals surface area (Å²) in [6.45, 7) is 7.41. The average molecular weight is 250 g/mol. The van der Waals surface area contributed by atoms with Crippen LogP contribution in [0, 0.1) is 22.7 Å². The molecule has 18 heavy (non-hydrogen) atoms. The van der Waals surface area contributed by atoms with Gasteiger partial charge in [-0.25, -0.2) is 0 Å². The van der Waals surface area contributed by atoms with Crippen LogP contribution in [0.1, 0.15) is 52.9 Å². The molecule has 0 spiro atoms. The number of nitriles is 1. The Morgan fingerprint density at radius 2 is 2.06 bits per heavy atom. The lowest BCUT2D eigenvalue weighted by molar-refractivity contribution is -0.118. The number of rotatable bonds is 4. The van der Waals surface area contributed by atoms with Gasteiger partial charge in [0, 0.05) is 24.1 Å². The van der Waals surface area contributed by atoms with E-state index in [1.165, 1.54) is 12.8 Å². The van der Waals surface area contributed by atoms with Crippen molar-refractivity contribution in [3.63, 3.8) is 0 Å². The van der Waals surface area contributed by atoms with E-state index in [0.717, 1.165) is 25.9 Å². The Bertz CT molecular complexity index is 321. The summed E-state index contributed by atoms with van der Waals surface area (Å²) in [5.74, 6) is 0.209. The summed E-state index contributed by atoms with van der Waals surface area (Å²) in [6, 6.07) is 3.38. The molecule has 0 amide bonds. The van der Waals surface area contributed by atoms with Gasteiger partial charge in [-0.3, -0.25) is 0 Å². The summed E-state index contributed by atoms with van der Waals surface area (Å²) in [7, 11) is 0. The summed E-state index contributed by atoms with van der Waals surface area (Å²) in [5.41, 5.74) is 0.202. The molecule has 0 saturated heterocycles. The van der Waals surface area contributed by atoms with Crippen molar-refractivity contribution in [3.05, 3.63) is 0 Å². The molecule has 4 atom stereocenters. The van der Waals surface area contributed by atoms with Gasteiger partial charge in [-0.05, 0) is 26.2 Å². The third kappa shape index (κ3) is 2.55. The molecule has 2 aliphatic rings. The molecule has 2 saturated carbocycles. The minimum Gasteiger partial charge on any atom is -0.378 e. The monoisotopic (exact) mass is 250 g/mol. The van der Waals surface area contributed by atoms with E-state index in [1.807, 2.05) is 0 Å². The third-order valence-corrected chi connectivity index (χ3v) is 4.89. The summed E-state index contributed by atoms with van der Waals surface area (Å²) in [6.07, 6.45) is 6.17. The molecule has 3 heteroatoms. The zero-order valence-corrected chi connectivity index (χ0v) is 11.9. The van der Waals surface area contributed by atoms with Crippen LogP contribution in [0.4, 0.5) is 0 Å². The molecule has 0 bridgehead atoms. The number of ether oxygens (including phenoxy) is 1. The van der Waals surface area contributed by atoms with Gasteiger partial charge in [0.05, 0.1) is 18.1 Å². The zero-order chi connectivity index (χ0) is 13.2. The lowest BCUT2D eigenvalue weighted by Gasteiger charge is -2.53. The Balaban J connectivity index is 1.89. The van der Waals surface area contributed by atoms with Crippen LogP contribution in [-0.2, 0) is 4.74 Å². The highest BCUT2D eigenvalue weighted by atomic mass is 16.5. The average Bonchev–Trinajstić information content (AvgIpc) is 2.38. The van der Waals surface area contributed by atoms with Crippen molar-refractivity contribution in [2.75, 3.05) is 6.61 Å². The molecular weight excluding hydrogens is 224 g/mol. The van der Waals surface area contributed by atoms with Crippen molar-refractivity contribution in [3.8, 4) is 6.07 Å². The normalized spacial score (nSPS) is 38.8. The van der Waals surface area contributed by atoms with Crippen molar-refractivity contribution in [2.24, 2.45) is 11.3 Å². The molecule has 0 heterocycles. The first-order valence-electron chi connectivity index (χ1n) is 7.36. The van der Waals surface area contributed by atoms with Crippen molar-refractivity contribution in [1.82, 2.24) is 5.32 Å². The van der Waals surface area contributed by atoms with E-state index in [-0.39, 0.29) is 11.3 Å². The third-order valence-electron chi connectivity index (χ3n) is 4.89. The van der Waals surface area contributed by atoms with Crippen LogP contribution in [0.15, 0.2) is 0 Å². The van der Waals surface area contributed by atoms with Crippen molar-refractivity contribution >= 4 is 0 Å². The topological polar surface area (TPSA) is 45.0 Å². The molecular formula is C15H26N2O. The van der Waals surface area contributed by atoms with E-state index in [4.69, 9.17) is 4.74 Å². The number of nitrogens with one attached hydrogen (secondary N) is 1. The Labute approximate surface area is 111 Å². The molecule has 0 aliphatic heterocycles. The van der Waals surface area contributed by atoms with E-state index in [1.54, 1.807) is 0 Å². The van der Waals surface area contributed by atoms with E-state index >= 15 is 0 Å². The molecule has 1 N–H and O–H groups in total. The first-order valence-corrected chi connectivity index (χ1v) is 7.36. The highest BCUT2D eigenvalue weighted by Gasteiger charge is 2.49. The summed E-state index contributed by atoms with van der Waals surface area (Å²) in [5, 5.41) is 12.9. The van der Waals surface area contributed by atoms with E-state index in [0.29, 0.717) is 18.2 Å². The van der Waals surface area contributed by atoms with Gasteiger partial charge in [-0.15, -0.1) is 0 Å². The maximum Gasteiger partial charge on any atom is 0.0672 e. The lowest BCUT2D eigenvalue weighted by atomic mass is 9.64. The highest BCUT2D eigenvalue weighted by Crippen LogP contribution is 2.43. The van der Waals surface area contributed by atoms with E-state index in [2.05, 4.69) is 32.2 Å². The maximum atomic E-state index is 9.22. The van der Waals surface area contributed by atoms with Gasteiger partial charge in [-0.1, -0.05) is 26.7 Å². The maximum absolute atomic E-state index is 9.22. The SMILES string of the molecule is CCOC1CC(NC2CCCCC2C#N)C1(C)C. The van der Waals surface area contributed by atoms with Gasteiger partial charge in [0.1, 0.15) is 0 Å². The van der Waals surface area contributed by atoms with Crippen molar-refractivity contribution in [1.29, 1.82) is 5.26 Å². The Hall–Kier alpha value is -0.590. The van der Waals surface area contributed by atoms with Gasteiger partial charge in [-0.2, -0.15) is 5.26 Å². The van der Waals surface area contributed by atoms with Crippen LogP contribution >= 0.6 is 0 Å². The van der Waals surface area contributed by atoms with Crippen LogP contribution in [0.5, 0.6) is 0 Å². The standard InChI is InChI=1S/C15H26N2O/c1-4-18-14-9-13(15(14,2)3)17-12-8-6-5-7-11(12)10-16/h11-14,17H,4-9H2,1-3H3. The van der Waals surface area contributed by atoms with Gasteiger partial charge >= 0.3 is 0 Å². The first-order chi connectivity index (χ1) is 8.59. The van der Waals surface area contributed by atoms with E-state index < -0.39 is 0 Å². The molecule has 2 aliphatic carbocycles. The van der Waals surface area contributed by atoms with E-state index in [9.17, 15) is 5.26 Å². The molecule has 0 aromatic heterocycles. The molecule has 4 unspecified atom stereocenters. The van der Waals surface area contributed by atoms with Gasteiger partial charge in [0.15, 0.2) is 0 Å². The predicted octanol–water partition coefficient (Wildman–Crippen LogP) is 2.86. The molecule has 3 nitrogen and oxygen atoms in total. The molecule has 0 radical (unpaired) electrons. The summed E-state index contributed by atoms with van der Waals surface area (Å²) < 4.78 is 5.76. The van der Waals surface area contributed by atoms with Crippen LogP contribution in [0.25, 0.3) is 0 Å². The van der Waals surface area contributed by atoms with Crippen molar-refractivity contribution < 1.29 is 4.74 Å². The van der Waals surface area contributed by atoms with Crippen LogP contribution in [0.3, 0.4) is 0 Å². The van der Waals surface area contributed by atoms with Gasteiger partial charge in [0.2, 0.25) is 0 Å². The van der Waals surface area contributed by atoms with Gasteiger partial charge < -0.3 is 10.1 Å². The number of nitrogens with zero attached hydrogens (tertiary/aromatic N) is 1. The molecule has 0 aromatic carbocycles.